The first-order valence-corrected chi connectivity index (χ1v) is 15.2. The number of aryl methyl sites for hydroxylation is 1. The molecule has 8 nitrogen and oxygen atoms in total. The summed E-state index contributed by atoms with van der Waals surface area (Å²) in [6.07, 6.45) is -4.83. The van der Waals surface area contributed by atoms with Crippen LogP contribution in [0.2, 0.25) is 5.02 Å². The summed E-state index contributed by atoms with van der Waals surface area (Å²) in [6.45, 7) is 1.45. The fourth-order valence-corrected chi connectivity index (χ4v) is 8.14. The van der Waals surface area contributed by atoms with E-state index in [0.29, 0.717) is 26.1 Å². The summed E-state index contributed by atoms with van der Waals surface area (Å²) in [4.78, 5) is 56.1. The summed E-state index contributed by atoms with van der Waals surface area (Å²) in [7, 11) is 0. The number of benzene rings is 3. The number of anilines is 2. The first-order valence-electron chi connectivity index (χ1n) is 13.1. The molecule has 0 radical (unpaired) electrons. The number of imide groups is 1. The fourth-order valence-electron chi connectivity index (χ4n) is 5.45. The number of carbonyl (C=O) groups is 3. The van der Waals surface area contributed by atoms with Crippen molar-refractivity contribution in [3.8, 4) is 5.75 Å². The number of ether oxygens (including phenoxy) is 1. The van der Waals surface area contributed by atoms with Gasteiger partial charge in [0, 0.05) is 27.1 Å². The van der Waals surface area contributed by atoms with E-state index in [-0.39, 0.29) is 10.8 Å². The second-order valence-corrected chi connectivity index (χ2v) is 12.8. The van der Waals surface area contributed by atoms with Gasteiger partial charge in [-0.3, -0.25) is 19.2 Å². The Kier molecular flexibility index (Phi) is 7.80. The quantitative estimate of drug-likeness (QED) is 0.238. The summed E-state index contributed by atoms with van der Waals surface area (Å²) in [6, 6.07) is 16.1. The molecule has 1 saturated heterocycles. The average Bonchev–Trinajstić information content (AvgIpc) is 3.45. The van der Waals surface area contributed by atoms with Gasteiger partial charge in [-0.1, -0.05) is 59.0 Å². The molecular formula is C30H21ClF3N3O5S2. The molecule has 0 spiro atoms. The maximum Gasteiger partial charge on any atom is 0.418 e. The predicted octanol–water partition coefficient (Wildman–Crippen LogP) is 6.23. The highest BCUT2D eigenvalue weighted by Gasteiger charge is 2.57. The van der Waals surface area contributed by atoms with Crippen LogP contribution in [0.15, 0.2) is 76.6 Å². The van der Waals surface area contributed by atoms with Crippen molar-refractivity contribution < 1.29 is 32.3 Å². The molecule has 2 N–H and O–H groups in total. The number of H-pyrrole nitrogens is 1. The molecule has 44 heavy (non-hydrogen) atoms. The minimum atomic E-state index is -4.83. The predicted molar refractivity (Wildman–Crippen MR) is 161 cm³/mol. The van der Waals surface area contributed by atoms with E-state index in [0.717, 1.165) is 40.8 Å². The first-order chi connectivity index (χ1) is 20.9. The number of fused-ring (bicyclic) bond motifs is 2. The van der Waals surface area contributed by atoms with Crippen LogP contribution in [0.4, 0.5) is 24.5 Å². The number of thioether (sulfide) groups is 1. The summed E-state index contributed by atoms with van der Waals surface area (Å²) >= 11 is 8.11. The maximum atomic E-state index is 14.0. The summed E-state index contributed by atoms with van der Waals surface area (Å²) in [5, 5.41) is 2.15. The summed E-state index contributed by atoms with van der Waals surface area (Å²) in [5.41, 5.74) is 0.114. The third-order valence-corrected chi connectivity index (χ3v) is 9.88. The summed E-state index contributed by atoms with van der Waals surface area (Å²) < 4.78 is 47.7. The number of hydrogen-bond acceptors (Lipinski definition) is 7. The second-order valence-electron chi connectivity index (χ2n) is 10.2. The lowest BCUT2D eigenvalue weighted by atomic mass is 9.82. The number of nitrogens with one attached hydrogen (secondary N) is 2. The van der Waals surface area contributed by atoms with Crippen molar-refractivity contribution in [1.29, 1.82) is 0 Å². The Bertz CT molecular complexity index is 1870. The van der Waals surface area contributed by atoms with E-state index < -0.39 is 63.7 Å². The number of nitrogens with zero attached hydrogens (tertiary/aromatic N) is 1. The van der Waals surface area contributed by atoms with Crippen molar-refractivity contribution in [2.45, 2.75) is 29.3 Å². The number of halogens is 4. The Morgan fingerprint density at radius 1 is 1.05 bits per heavy atom. The molecule has 14 heteroatoms. The smallest absolute Gasteiger partial charge is 0.418 e. The summed E-state index contributed by atoms with van der Waals surface area (Å²) in [5.74, 6) is -4.20. The molecule has 0 aliphatic carbocycles. The lowest BCUT2D eigenvalue weighted by Gasteiger charge is -2.31. The highest BCUT2D eigenvalue weighted by atomic mass is 35.5. The molecule has 3 aromatic carbocycles. The van der Waals surface area contributed by atoms with Crippen LogP contribution >= 0.6 is 34.7 Å². The standard InChI is InChI=1S/C30H21ClF3N3O5S2/c1-14-5-4-6-16(11-14)35-21(38)13-42-20-10-9-15(31)12-17(20)22-23-25(43-26-24(22)44-29(41)36-26)28(40)37(27(23)39)19-8-3-2-7-18(19)30(32,33)34/h2-12,22-23,25H,13H2,1H3,(H,35,38)(H,36,41). The van der Waals surface area contributed by atoms with Crippen LogP contribution in [0.1, 0.15) is 27.5 Å². The van der Waals surface area contributed by atoms with Gasteiger partial charge in [0.05, 0.1) is 22.2 Å². The lowest BCUT2D eigenvalue weighted by molar-refractivity contribution is -0.137. The highest BCUT2D eigenvalue weighted by molar-refractivity contribution is 8.00. The molecule has 3 atom stereocenters. The molecule has 2 aliphatic heterocycles. The molecule has 2 aliphatic rings. The van der Waals surface area contributed by atoms with Crippen LogP contribution in [0.25, 0.3) is 0 Å². The molecule has 1 fully saturated rings. The van der Waals surface area contributed by atoms with Gasteiger partial charge < -0.3 is 15.0 Å². The van der Waals surface area contributed by atoms with Gasteiger partial charge in [-0.05, 0) is 55.0 Å². The van der Waals surface area contributed by atoms with Crippen LogP contribution in [-0.2, 0) is 20.6 Å². The number of aromatic nitrogens is 1. The van der Waals surface area contributed by atoms with Gasteiger partial charge in [0.2, 0.25) is 11.8 Å². The Balaban J connectivity index is 1.39. The number of rotatable bonds is 6. The van der Waals surface area contributed by atoms with E-state index in [1.807, 2.05) is 13.0 Å². The third-order valence-electron chi connectivity index (χ3n) is 7.24. The molecule has 0 bridgehead atoms. The van der Waals surface area contributed by atoms with Crippen LogP contribution in [0.3, 0.4) is 0 Å². The van der Waals surface area contributed by atoms with Gasteiger partial charge in [-0.15, -0.1) is 0 Å². The van der Waals surface area contributed by atoms with Crippen LogP contribution in [-0.4, -0.2) is 34.6 Å². The molecule has 0 saturated carbocycles. The van der Waals surface area contributed by atoms with Gasteiger partial charge in [0.15, 0.2) is 6.61 Å². The molecule has 3 unspecified atom stereocenters. The normalized spacial score (nSPS) is 19.5. The van der Waals surface area contributed by atoms with Crippen molar-refractivity contribution in [3.05, 3.63) is 103 Å². The Morgan fingerprint density at radius 3 is 2.57 bits per heavy atom. The zero-order valence-electron chi connectivity index (χ0n) is 22.6. The van der Waals surface area contributed by atoms with Crippen molar-refractivity contribution in [2.24, 2.45) is 5.92 Å². The average molecular weight is 660 g/mol. The van der Waals surface area contributed by atoms with Gasteiger partial charge in [0.1, 0.15) is 11.0 Å². The van der Waals surface area contributed by atoms with E-state index in [4.69, 9.17) is 16.3 Å². The Morgan fingerprint density at radius 2 is 1.82 bits per heavy atom. The van der Waals surface area contributed by atoms with Crippen molar-refractivity contribution >= 4 is 63.8 Å². The van der Waals surface area contributed by atoms with E-state index in [1.54, 1.807) is 18.2 Å². The Hall–Kier alpha value is -4.07. The number of carbonyl (C=O) groups excluding carboxylic acids is 3. The maximum absolute atomic E-state index is 14.0. The number of amides is 3. The lowest BCUT2D eigenvalue weighted by Crippen LogP contribution is -2.33. The van der Waals surface area contributed by atoms with Crippen LogP contribution in [0.5, 0.6) is 5.75 Å². The van der Waals surface area contributed by atoms with E-state index in [1.165, 1.54) is 30.3 Å². The molecule has 1 aromatic heterocycles. The molecule has 226 valence electrons. The van der Waals surface area contributed by atoms with Crippen LogP contribution in [0, 0.1) is 12.8 Å². The first kappa shape index (κ1) is 30.0. The van der Waals surface area contributed by atoms with Gasteiger partial charge in [-0.2, -0.15) is 13.2 Å². The zero-order valence-corrected chi connectivity index (χ0v) is 25.0. The molecule has 6 rings (SSSR count). The minimum absolute atomic E-state index is 0.158. The number of thiazole rings is 1. The van der Waals surface area contributed by atoms with Crippen molar-refractivity contribution in [2.75, 3.05) is 16.8 Å². The third kappa shape index (κ3) is 5.51. The van der Waals surface area contributed by atoms with Crippen molar-refractivity contribution in [1.82, 2.24) is 4.98 Å². The molecular weight excluding hydrogens is 639 g/mol. The molecule has 4 aromatic rings. The fraction of sp³-hybridized carbons (Fsp3) is 0.200. The second kappa shape index (κ2) is 11.5. The van der Waals surface area contributed by atoms with E-state index >= 15 is 0 Å². The molecule has 3 amide bonds. The van der Waals surface area contributed by atoms with Gasteiger partial charge in [-0.25, -0.2) is 4.90 Å². The number of para-hydroxylation sites is 1. The zero-order chi connectivity index (χ0) is 31.3. The highest BCUT2D eigenvalue weighted by Crippen LogP contribution is 2.55. The SMILES string of the molecule is Cc1cccc(NC(=O)COc2ccc(Cl)cc2C2c3sc(=O)[nH]c3SC3C(=O)N(c4ccccc4C(F)(F)F)C(=O)C32)c1. The van der Waals surface area contributed by atoms with Gasteiger partial charge in [0.25, 0.3) is 5.91 Å². The largest absolute Gasteiger partial charge is 0.483 e. The Labute approximate surface area is 261 Å². The van der Waals surface area contributed by atoms with E-state index in [2.05, 4.69) is 10.3 Å². The topological polar surface area (TPSA) is 109 Å². The van der Waals surface area contributed by atoms with Crippen LogP contribution < -0.4 is 19.8 Å². The van der Waals surface area contributed by atoms with Gasteiger partial charge >= 0.3 is 11.0 Å². The molecule has 3 heterocycles. The van der Waals surface area contributed by atoms with E-state index in [9.17, 15) is 32.3 Å². The minimum Gasteiger partial charge on any atom is -0.483 e. The number of alkyl halides is 3. The van der Waals surface area contributed by atoms with Crippen molar-refractivity contribution in [3.63, 3.8) is 0 Å². The number of hydrogen-bond donors (Lipinski definition) is 2. The monoisotopic (exact) mass is 659 g/mol. The number of aromatic amines is 1.